The predicted molar refractivity (Wildman–Crippen MR) is 67.5 cm³/mol. The molecule has 0 bridgehead atoms. The van der Waals surface area contributed by atoms with Crippen LogP contribution in [0.25, 0.3) is 0 Å². The zero-order valence-electron chi connectivity index (χ0n) is 9.63. The highest BCUT2D eigenvalue weighted by Crippen LogP contribution is 2.20. The largest absolute Gasteiger partial charge is 0.366 e. The summed E-state index contributed by atoms with van der Waals surface area (Å²) in [5.41, 5.74) is 2.39. The molecule has 1 rings (SSSR count). The first-order valence-electron chi connectivity index (χ1n) is 5.43. The molecule has 0 aromatic carbocycles. The van der Waals surface area contributed by atoms with Gasteiger partial charge in [0.1, 0.15) is 5.02 Å². The zero-order chi connectivity index (χ0) is 12.0. The van der Waals surface area contributed by atoms with E-state index in [1.165, 1.54) is 19.0 Å². The van der Waals surface area contributed by atoms with Crippen LogP contribution in [0, 0.1) is 0 Å². The van der Waals surface area contributed by atoms with E-state index in [9.17, 15) is 0 Å². The van der Waals surface area contributed by atoms with Crippen molar-refractivity contribution in [1.82, 2.24) is 9.97 Å². The van der Waals surface area contributed by atoms with Gasteiger partial charge in [-0.2, -0.15) is 4.98 Å². The van der Waals surface area contributed by atoms with Crippen LogP contribution >= 0.6 is 11.6 Å². The number of aromatic nitrogens is 2. The van der Waals surface area contributed by atoms with E-state index < -0.39 is 0 Å². The molecule has 1 aromatic heterocycles. The number of hydrazine groups is 1. The van der Waals surface area contributed by atoms with Gasteiger partial charge in [0.2, 0.25) is 5.95 Å². The fraction of sp³-hybridized carbons (Fsp3) is 0.600. The average Bonchev–Trinajstić information content (AvgIpc) is 2.29. The van der Waals surface area contributed by atoms with Crippen molar-refractivity contribution in [2.75, 3.05) is 10.7 Å². The first-order valence-corrected chi connectivity index (χ1v) is 5.80. The Kier molecular flexibility index (Phi) is 5.28. The van der Waals surface area contributed by atoms with Crippen molar-refractivity contribution in [2.45, 2.75) is 39.2 Å². The van der Waals surface area contributed by atoms with E-state index >= 15 is 0 Å². The summed E-state index contributed by atoms with van der Waals surface area (Å²) in [6.07, 6.45) is 4.97. The number of rotatable bonds is 6. The van der Waals surface area contributed by atoms with Crippen molar-refractivity contribution in [3.63, 3.8) is 0 Å². The molecule has 1 atom stereocenters. The smallest absolute Gasteiger partial charge is 0.239 e. The molecule has 1 heterocycles. The quantitative estimate of drug-likeness (QED) is 0.528. The number of hydrogen-bond donors (Lipinski definition) is 3. The lowest BCUT2D eigenvalue weighted by Gasteiger charge is -2.15. The first kappa shape index (κ1) is 13.0. The third-order valence-electron chi connectivity index (χ3n) is 2.25. The van der Waals surface area contributed by atoms with Crippen molar-refractivity contribution < 1.29 is 0 Å². The van der Waals surface area contributed by atoms with Crippen LogP contribution in [0.1, 0.15) is 33.1 Å². The maximum Gasteiger partial charge on any atom is 0.239 e. The molecular weight excluding hydrogens is 226 g/mol. The molecule has 1 unspecified atom stereocenters. The Balaban J connectivity index is 2.64. The second kappa shape index (κ2) is 6.50. The van der Waals surface area contributed by atoms with Crippen LogP contribution in [0.4, 0.5) is 11.8 Å². The molecule has 0 amide bonds. The maximum absolute atomic E-state index is 5.98. The molecule has 0 saturated carbocycles. The van der Waals surface area contributed by atoms with Crippen LogP contribution in [0.2, 0.25) is 5.02 Å². The third-order valence-corrected chi connectivity index (χ3v) is 2.52. The summed E-state index contributed by atoms with van der Waals surface area (Å²) >= 11 is 5.98. The molecule has 0 spiro atoms. The number of nitrogens with one attached hydrogen (secondary N) is 2. The first-order chi connectivity index (χ1) is 7.67. The molecule has 4 N–H and O–H groups in total. The molecule has 0 aliphatic heterocycles. The molecule has 90 valence electrons. The summed E-state index contributed by atoms with van der Waals surface area (Å²) in [6, 6.07) is 0.331. The Labute approximate surface area is 101 Å². The average molecular weight is 244 g/mol. The van der Waals surface area contributed by atoms with Gasteiger partial charge >= 0.3 is 0 Å². The number of hydrogen-bond acceptors (Lipinski definition) is 5. The van der Waals surface area contributed by atoms with Gasteiger partial charge in [-0.1, -0.05) is 31.4 Å². The van der Waals surface area contributed by atoms with Crippen molar-refractivity contribution in [3.05, 3.63) is 11.2 Å². The van der Waals surface area contributed by atoms with Gasteiger partial charge < -0.3 is 5.32 Å². The van der Waals surface area contributed by atoms with Crippen molar-refractivity contribution in [3.8, 4) is 0 Å². The highest BCUT2D eigenvalue weighted by molar-refractivity contribution is 6.32. The Morgan fingerprint density at radius 3 is 2.94 bits per heavy atom. The van der Waals surface area contributed by atoms with Gasteiger partial charge in [0, 0.05) is 6.04 Å². The minimum absolute atomic E-state index is 0.331. The van der Waals surface area contributed by atoms with Gasteiger partial charge in [-0.25, -0.2) is 10.8 Å². The standard InChI is InChI=1S/C10H18ClN5/c1-3-4-5-7(2)14-9-8(11)6-13-10(15-9)16-12/h6-7H,3-5,12H2,1-2H3,(H2,13,14,15,16). The summed E-state index contributed by atoms with van der Waals surface area (Å²) in [6.45, 7) is 4.27. The van der Waals surface area contributed by atoms with Crippen molar-refractivity contribution in [1.29, 1.82) is 0 Å². The van der Waals surface area contributed by atoms with Crippen LogP contribution < -0.4 is 16.6 Å². The fourth-order valence-corrected chi connectivity index (χ4v) is 1.50. The molecule has 5 nitrogen and oxygen atoms in total. The lowest BCUT2D eigenvalue weighted by molar-refractivity contribution is 0.643. The Morgan fingerprint density at radius 1 is 1.56 bits per heavy atom. The van der Waals surface area contributed by atoms with Crippen molar-refractivity contribution >= 4 is 23.4 Å². The van der Waals surface area contributed by atoms with Gasteiger partial charge in [-0.15, -0.1) is 0 Å². The molecule has 0 saturated heterocycles. The van der Waals surface area contributed by atoms with E-state index in [0.29, 0.717) is 22.8 Å². The van der Waals surface area contributed by atoms with E-state index in [1.54, 1.807) is 0 Å². The summed E-state index contributed by atoms with van der Waals surface area (Å²) in [4.78, 5) is 8.06. The minimum Gasteiger partial charge on any atom is -0.366 e. The van der Waals surface area contributed by atoms with Crippen LogP contribution in [0.15, 0.2) is 6.20 Å². The Bertz CT molecular complexity index is 331. The van der Waals surface area contributed by atoms with E-state index in [2.05, 4.69) is 34.6 Å². The third kappa shape index (κ3) is 3.83. The van der Waals surface area contributed by atoms with Crippen molar-refractivity contribution in [2.24, 2.45) is 5.84 Å². The SMILES string of the molecule is CCCCC(C)Nc1nc(NN)ncc1Cl. The maximum atomic E-state index is 5.98. The molecule has 16 heavy (non-hydrogen) atoms. The van der Waals surface area contributed by atoms with E-state index in [-0.39, 0.29) is 0 Å². The summed E-state index contributed by atoms with van der Waals surface area (Å²) in [5.74, 6) is 6.21. The minimum atomic E-state index is 0.331. The summed E-state index contributed by atoms with van der Waals surface area (Å²) < 4.78 is 0. The molecule has 6 heteroatoms. The van der Waals surface area contributed by atoms with Gasteiger partial charge in [0.25, 0.3) is 0 Å². The number of halogens is 1. The Hall–Kier alpha value is -1.07. The summed E-state index contributed by atoms with van der Waals surface area (Å²) in [5, 5.41) is 3.74. The molecule has 1 aromatic rings. The number of nitrogens with two attached hydrogens (primary N) is 1. The van der Waals surface area contributed by atoms with Crippen LogP contribution in [0.3, 0.4) is 0 Å². The van der Waals surface area contributed by atoms with E-state index in [1.807, 2.05) is 0 Å². The van der Waals surface area contributed by atoms with Crippen LogP contribution in [-0.4, -0.2) is 16.0 Å². The molecule has 0 aliphatic carbocycles. The fourth-order valence-electron chi connectivity index (χ4n) is 1.35. The number of anilines is 2. The monoisotopic (exact) mass is 243 g/mol. The summed E-state index contributed by atoms with van der Waals surface area (Å²) in [7, 11) is 0. The van der Waals surface area contributed by atoms with Gasteiger partial charge in [0.05, 0.1) is 6.20 Å². The second-order valence-electron chi connectivity index (χ2n) is 3.72. The topological polar surface area (TPSA) is 75.9 Å². The molecular formula is C10H18ClN5. The lowest BCUT2D eigenvalue weighted by Crippen LogP contribution is -2.18. The van der Waals surface area contributed by atoms with Crippen LogP contribution in [-0.2, 0) is 0 Å². The van der Waals surface area contributed by atoms with Gasteiger partial charge in [-0.3, -0.25) is 5.43 Å². The number of unbranched alkanes of at least 4 members (excludes halogenated alkanes) is 1. The van der Waals surface area contributed by atoms with Gasteiger partial charge in [0.15, 0.2) is 5.82 Å². The molecule has 0 fully saturated rings. The predicted octanol–water partition coefficient (Wildman–Crippen LogP) is 2.41. The normalized spacial score (nSPS) is 12.2. The highest BCUT2D eigenvalue weighted by Gasteiger charge is 2.08. The lowest BCUT2D eigenvalue weighted by atomic mass is 10.1. The van der Waals surface area contributed by atoms with E-state index in [0.717, 1.165) is 6.42 Å². The highest BCUT2D eigenvalue weighted by atomic mass is 35.5. The number of nitrogens with zero attached hydrogens (tertiary/aromatic N) is 2. The van der Waals surface area contributed by atoms with Crippen LogP contribution in [0.5, 0.6) is 0 Å². The molecule has 0 aliphatic rings. The second-order valence-corrected chi connectivity index (χ2v) is 4.13. The Morgan fingerprint density at radius 2 is 2.31 bits per heavy atom. The number of nitrogen functional groups attached to an aromatic ring is 1. The zero-order valence-corrected chi connectivity index (χ0v) is 10.4. The van der Waals surface area contributed by atoms with Gasteiger partial charge in [-0.05, 0) is 13.3 Å². The molecule has 0 radical (unpaired) electrons. The van der Waals surface area contributed by atoms with E-state index in [4.69, 9.17) is 17.4 Å².